The summed E-state index contributed by atoms with van der Waals surface area (Å²) in [6.07, 6.45) is -2.84. The average Bonchev–Trinajstić information content (AvgIpc) is 2.55. The smallest absolute Gasteiger partial charge is 0.342 e. The number of nitrogens with one attached hydrogen (secondary N) is 1. The number of alkyl halides is 3. The molecular weight excluding hydrogens is 321 g/mol. The first-order chi connectivity index (χ1) is 11.3. The highest BCUT2D eigenvalue weighted by atomic mass is 19.4. The summed E-state index contributed by atoms with van der Waals surface area (Å²) in [4.78, 5) is 25.1. The molecule has 0 spiro atoms. The molecule has 0 bridgehead atoms. The van der Waals surface area contributed by atoms with Crippen LogP contribution in [0.3, 0.4) is 0 Å². The number of anilines is 1. The normalized spacial score (nSPS) is 18.1. The second-order valence-electron chi connectivity index (χ2n) is 5.75. The van der Waals surface area contributed by atoms with E-state index in [1.807, 2.05) is 0 Å². The molecule has 1 heterocycles. The van der Waals surface area contributed by atoms with Crippen LogP contribution in [-0.2, 0) is 16.0 Å². The van der Waals surface area contributed by atoms with E-state index >= 15 is 0 Å². The van der Waals surface area contributed by atoms with Crippen LogP contribution in [-0.4, -0.2) is 36.0 Å². The number of hydrogen-bond acceptors (Lipinski definition) is 2. The first-order valence-corrected chi connectivity index (χ1v) is 7.67. The zero-order valence-corrected chi connectivity index (χ0v) is 13.1. The molecule has 1 aromatic carbocycles. The van der Waals surface area contributed by atoms with Gasteiger partial charge in [-0.2, -0.15) is 13.2 Å². The van der Waals surface area contributed by atoms with Crippen molar-refractivity contribution in [3.05, 3.63) is 42.5 Å². The van der Waals surface area contributed by atoms with E-state index < -0.39 is 18.0 Å². The Bertz CT molecular complexity index is 629. The molecule has 1 saturated heterocycles. The summed E-state index contributed by atoms with van der Waals surface area (Å²) in [7, 11) is 0. The van der Waals surface area contributed by atoms with Crippen molar-refractivity contribution in [2.45, 2.75) is 25.4 Å². The van der Waals surface area contributed by atoms with E-state index in [9.17, 15) is 22.8 Å². The predicted octanol–water partition coefficient (Wildman–Crippen LogP) is 3.15. The number of likely N-dealkylation sites (tertiary alicyclic amines) is 1. The zero-order valence-electron chi connectivity index (χ0n) is 13.1. The minimum Gasteiger partial charge on any atom is -0.342 e. The van der Waals surface area contributed by atoms with Crippen molar-refractivity contribution in [1.82, 2.24) is 4.90 Å². The Morgan fingerprint density at radius 1 is 1.33 bits per heavy atom. The molecular formula is C17H19F3N2O2. The van der Waals surface area contributed by atoms with Gasteiger partial charge in [0.15, 0.2) is 0 Å². The van der Waals surface area contributed by atoms with Crippen LogP contribution in [0.5, 0.6) is 0 Å². The maximum Gasteiger partial charge on any atom is 0.393 e. The standard InChI is InChI=1S/C17H19F3N2O2/c1-2-15(23)21-14-8-4-3-6-12(14)10-16(24)22-9-5-7-13(11-22)17(18,19)20/h2-4,6,8,13H,1,5,7,9-11H2,(H,21,23)/t13-/m1/s1. The highest BCUT2D eigenvalue weighted by Gasteiger charge is 2.42. The fraction of sp³-hybridized carbons (Fsp3) is 0.412. The van der Waals surface area contributed by atoms with Crippen molar-refractivity contribution >= 4 is 17.5 Å². The molecule has 2 amide bonds. The summed E-state index contributed by atoms with van der Waals surface area (Å²) >= 11 is 0. The molecule has 0 aromatic heterocycles. The van der Waals surface area contributed by atoms with Gasteiger partial charge in [-0.25, -0.2) is 0 Å². The zero-order chi connectivity index (χ0) is 17.7. The molecule has 130 valence electrons. The van der Waals surface area contributed by atoms with E-state index in [2.05, 4.69) is 11.9 Å². The minimum atomic E-state index is -4.28. The van der Waals surface area contributed by atoms with Crippen LogP contribution in [0.25, 0.3) is 0 Å². The van der Waals surface area contributed by atoms with E-state index in [1.165, 1.54) is 4.90 Å². The number of para-hydroxylation sites is 1. The molecule has 4 nitrogen and oxygen atoms in total. The van der Waals surface area contributed by atoms with Gasteiger partial charge >= 0.3 is 6.18 Å². The Morgan fingerprint density at radius 2 is 2.04 bits per heavy atom. The Balaban J connectivity index is 2.07. The van der Waals surface area contributed by atoms with Crippen molar-refractivity contribution in [3.63, 3.8) is 0 Å². The third kappa shape index (κ3) is 4.59. The van der Waals surface area contributed by atoms with E-state index in [-0.39, 0.29) is 25.3 Å². The largest absolute Gasteiger partial charge is 0.393 e. The molecule has 1 aromatic rings. The summed E-state index contributed by atoms with van der Waals surface area (Å²) in [5.74, 6) is -2.25. The topological polar surface area (TPSA) is 49.4 Å². The Hall–Kier alpha value is -2.31. The molecule has 1 aliphatic heterocycles. The van der Waals surface area contributed by atoms with E-state index in [4.69, 9.17) is 0 Å². The number of benzene rings is 1. The lowest BCUT2D eigenvalue weighted by Gasteiger charge is -2.34. The van der Waals surface area contributed by atoms with Gasteiger partial charge in [0.25, 0.3) is 0 Å². The van der Waals surface area contributed by atoms with Gasteiger partial charge in [0.1, 0.15) is 0 Å². The number of nitrogens with zero attached hydrogens (tertiary/aromatic N) is 1. The molecule has 7 heteroatoms. The van der Waals surface area contributed by atoms with Crippen molar-refractivity contribution < 1.29 is 22.8 Å². The summed E-state index contributed by atoms with van der Waals surface area (Å²) in [6, 6.07) is 6.72. The van der Waals surface area contributed by atoms with Crippen molar-refractivity contribution in [1.29, 1.82) is 0 Å². The Labute approximate surface area is 138 Å². The van der Waals surface area contributed by atoms with Crippen LogP contribution < -0.4 is 5.32 Å². The molecule has 1 atom stereocenters. The Morgan fingerprint density at radius 3 is 2.71 bits per heavy atom. The van der Waals surface area contributed by atoms with Gasteiger partial charge < -0.3 is 10.2 Å². The number of halogens is 3. The number of hydrogen-bond donors (Lipinski definition) is 1. The van der Waals surface area contributed by atoms with Gasteiger partial charge in [-0.15, -0.1) is 0 Å². The van der Waals surface area contributed by atoms with Crippen molar-refractivity contribution in [2.75, 3.05) is 18.4 Å². The van der Waals surface area contributed by atoms with Gasteiger partial charge in [0, 0.05) is 18.8 Å². The molecule has 1 aliphatic rings. The van der Waals surface area contributed by atoms with Crippen LogP contribution >= 0.6 is 0 Å². The van der Waals surface area contributed by atoms with E-state index in [0.717, 1.165) is 6.08 Å². The molecule has 0 saturated carbocycles. The van der Waals surface area contributed by atoms with Crippen LogP contribution in [0.4, 0.5) is 18.9 Å². The second kappa shape index (κ2) is 7.51. The highest BCUT2D eigenvalue weighted by Crippen LogP contribution is 2.33. The quantitative estimate of drug-likeness (QED) is 0.856. The lowest BCUT2D eigenvalue weighted by molar-refractivity contribution is -0.187. The number of amides is 2. The SMILES string of the molecule is C=CC(=O)Nc1ccccc1CC(=O)N1CCC[C@@H](C(F)(F)F)C1. The highest BCUT2D eigenvalue weighted by molar-refractivity contribution is 5.99. The number of carbonyl (C=O) groups is 2. The van der Waals surface area contributed by atoms with Gasteiger partial charge in [-0.1, -0.05) is 24.8 Å². The molecule has 24 heavy (non-hydrogen) atoms. The first-order valence-electron chi connectivity index (χ1n) is 7.67. The summed E-state index contributed by atoms with van der Waals surface area (Å²) in [6.45, 7) is 3.38. The number of rotatable bonds is 4. The summed E-state index contributed by atoms with van der Waals surface area (Å²) < 4.78 is 38.6. The molecule has 1 fully saturated rings. The van der Waals surface area contributed by atoms with Gasteiger partial charge in [-0.3, -0.25) is 9.59 Å². The average molecular weight is 340 g/mol. The monoisotopic (exact) mass is 340 g/mol. The number of carbonyl (C=O) groups excluding carboxylic acids is 2. The molecule has 0 aliphatic carbocycles. The van der Waals surface area contributed by atoms with Crippen LogP contribution in [0, 0.1) is 5.92 Å². The van der Waals surface area contributed by atoms with Crippen LogP contribution in [0.1, 0.15) is 18.4 Å². The minimum absolute atomic E-state index is 0.0548. The van der Waals surface area contributed by atoms with E-state index in [1.54, 1.807) is 24.3 Å². The number of piperidine rings is 1. The van der Waals surface area contributed by atoms with Gasteiger partial charge in [0.05, 0.1) is 12.3 Å². The Kier molecular flexibility index (Phi) is 5.64. The predicted molar refractivity (Wildman–Crippen MR) is 84.3 cm³/mol. The first kappa shape index (κ1) is 18.0. The molecule has 0 unspecified atom stereocenters. The maximum absolute atomic E-state index is 12.9. The molecule has 2 rings (SSSR count). The fourth-order valence-corrected chi connectivity index (χ4v) is 2.73. The third-order valence-corrected chi connectivity index (χ3v) is 4.04. The molecule has 1 N–H and O–H groups in total. The molecule has 0 radical (unpaired) electrons. The van der Waals surface area contributed by atoms with Crippen molar-refractivity contribution in [3.8, 4) is 0 Å². The lowest BCUT2D eigenvalue weighted by atomic mass is 9.97. The maximum atomic E-state index is 12.9. The van der Waals surface area contributed by atoms with Crippen molar-refractivity contribution in [2.24, 2.45) is 5.92 Å². The van der Waals surface area contributed by atoms with Gasteiger partial charge in [-0.05, 0) is 30.5 Å². The van der Waals surface area contributed by atoms with Gasteiger partial charge in [0.2, 0.25) is 11.8 Å². The lowest BCUT2D eigenvalue weighted by Crippen LogP contribution is -2.45. The van der Waals surface area contributed by atoms with Crippen LogP contribution in [0.15, 0.2) is 36.9 Å². The summed E-state index contributed by atoms with van der Waals surface area (Å²) in [5, 5.41) is 2.59. The van der Waals surface area contributed by atoms with Crippen LogP contribution in [0.2, 0.25) is 0 Å². The third-order valence-electron chi connectivity index (χ3n) is 4.04. The second-order valence-corrected chi connectivity index (χ2v) is 5.75. The van der Waals surface area contributed by atoms with E-state index in [0.29, 0.717) is 24.2 Å². The summed E-state index contributed by atoms with van der Waals surface area (Å²) in [5.41, 5.74) is 1.02. The fourth-order valence-electron chi connectivity index (χ4n) is 2.73.